The van der Waals surface area contributed by atoms with Crippen molar-refractivity contribution < 1.29 is 38.2 Å². The Labute approximate surface area is 351 Å². The van der Waals surface area contributed by atoms with E-state index in [2.05, 4.69) is 38.2 Å². The summed E-state index contributed by atoms with van der Waals surface area (Å²) in [4.78, 5) is 37.0. The van der Waals surface area contributed by atoms with Gasteiger partial charge in [-0.2, -0.15) is 0 Å². The van der Waals surface area contributed by atoms with Crippen molar-refractivity contribution in [2.45, 2.75) is 231 Å². The number of rotatable bonds is 43. The average molecular weight is 807 g/mol. The number of esters is 2. The molecule has 0 saturated heterocycles. The molecule has 0 rings (SSSR count). The molecule has 0 aromatic heterocycles. The maximum absolute atomic E-state index is 12.7. The van der Waals surface area contributed by atoms with E-state index in [1.165, 1.54) is 128 Å². The first kappa shape index (κ1) is 54.8. The molecule has 8 heteroatoms. The third kappa shape index (κ3) is 39.1. The maximum Gasteiger partial charge on any atom is 0.362 e. The summed E-state index contributed by atoms with van der Waals surface area (Å²) in [7, 11) is 5.53. The molecule has 2 atom stereocenters. The zero-order chi connectivity index (χ0) is 42.1. The Kier molecular flexibility index (Phi) is 39.0. The lowest BCUT2D eigenvalue weighted by Crippen LogP contribution is -2.50. The fourth-order valence-electron chi connectivity index (χ4n) is 7.14. The van der Waals surface area contributed by atoms with Crippen LogP contribution in [0.15, 0.2) is 24.3 Å². The van der Waals surface area contributed by atoms with Gasteiger partial charge in [0.25, 0.3) is 0 Å². The van der Waals surface area contributed by atoms with Gasteiger partial charge in [-0.25, -0.2) is 4.79 Å². The van der Waals surface area contributed by atoms with E-state index in [4.69, 9.17) is 14.2 Å². The highest BCUT2D eigenvalue weighted by Gasteiger charge is 2.31. The topological polar surface area (TPSA) is 99.1 Å². The minimum atomic E-state index is -0.875. The quantitative estimate of drug-likeness (QED) is 0.0283. The van der Waals surface area contributed by atoms with Gasteiger partial charge in [0.05, 0.1) is 34.4 Å². The molecule has 0 aromatic carbocycles. The van der Waals surface area contributed by atoms with Crippen LogP contribution in [0.5, 0.6) is 0 Å². The summed E-state index contributed by atoms with van der Waals surface area (Å²) in [6.45, 7) is 4.74. The second-order valence-electron chi connectivity index (χ2n) is 17.4. The molecule has 0 spiro atoms. The minimum absolute atomic E-state index is 0.0527. The summed E-state index contributed by atoms with van der Waals surface area (Å²) in [6, 6.07) is -0.615. The molecular weight excluding hydrogens is 715 g/mol. The van der Waals surface area contributed by atoms with Gasteiger partial charge in [0, 0.05) is 19.3 Å². The molecule has 0 bridgehead atoms. The van der Waals surface area contributed by atoms with E-state index in [1.54, 1.807) is 0 Å². The van der Waals surface area contributed by atoms with Crippen LogP contribution in [0.1, 0.15) is 219 Å². The van der Waals surface area contributed by atoms with Crippen molar-refractivity contribution >= 4 is 17.9 Å². The Morgan fingerprint density at radius 2 is 0.912 bits per heavy atom. The van der Waals surface area contributed by atoms with Gasteiger partial charge < -0.3 is 23.8 Å². The predicted octanol–water partition coefficient (Wildman–Crippen LogP) is 13.3. The molecule has 0 amide bonds. The zero-order valence-electron chi connectivity index (χ0n) is 38.1. The zero-order valence-corrected chi connectivity index (χ0v) is 38.1. The molecule has 1 N–H and O–H groups in total. The molecule has 0 aromatic rings. The monoisotopic (exact) mass is 807 g/mol. The third-order valence-corrected chi connectivity index (χ3v) is 10.9. The maximum atomic E-state index is 12.7. The smallest absolute Gasteiger partial charge is 0.362 e. The van der Waals surface area contributed by atoms with E-state index >= 15 is 0 Å². The van der Waals surface area contributed by atoms with Gasteiger partial charge in [0.15, 0.2) is 12.1 Å². The van der Waals surface area contributed by atoms with Gasteiger partial charge in [-0.3, -0.25) is 9.59 Å². The van der Waals surface area contributed by atoms with Crippen LogP contribution in [0, 0.1) is 0 Å². The number of unbranched alkanes of at least 4 members (excludes halogenated alkanes) is 26. The van der Waals surface area contributed by atoms with Gasteiger partial charge in [0.2, 0.25) is 0 Å². The van der Waals surface area contributed by atoms with E-state index in [0.29, 0.717) is 19.3 Å². The van der Waals surface area contributed by atoms with Crippen molar-refractivity contribution in [3.8, 4) is 0 Å². The molecule has 57 heavy (non-hydrogen) atoms. The molecule has 0 heterocycles. The number of carbonyl (C=O) groups excluding carboxylic acids is 2. The molecule has 0 fully saturated rings. The second kappa shape index (κ2) is 40.6. The van der Waals surface area contributed by atoms with Crippen molar-refractivity contribution in [3.05, 3.63) is 24.3 Å². The van der Waals surface area contributed by atoms with Gasteiger partial charge in [-0.1, -0.05) is 186 Å². The van der Waals surface area contributed by atoms with Crippen molar-refractivity contribution in [2.75, 3.05) is 41.0 Å². The lowest BCUT2D eigenvalue weighted by molar-refractivity contribution is -0.887. The number of ether oxygens (including phenoxy) is 3. The van der Waals surface area contributed by atoms with E-state index in [9.17, 15) is 19.5 Å². The average Bonchev–Trinajstić information content (AvgIpc) is 3.17. The Hall–Kier alpha value is -2.19. The number of carboxylic acid groups (broad SMARTS) is 1. The van der Waals surface area contributed by atoms with Crippen LogP contribution in [0.3, 0.4) is 0 Å². The number of aliphatic carboxylic acids is 1. The molecular formula is C49H92NO7+. The molecule has 2 unspecified atom stereocenters. The van der Waals surface area contributed by atoms with E-state index in [0.717, 1.165) is 57.8 Å². The molecule has 0 aliphatic heterocycles. The number of allylic oxidation sites excluding steroid dienone is 4. The van der Waals surface area contributed by atoms with E-state index in [1.807, 2.05) is 21.1 Å². The van der Waals surface area contributed by atoms with Crippen LogP contribution >= 0.6 is 0 Å². The number of likely N-dealkylation sites (N-methyl/N-ethyl adjacent to an activating group) is 1. The summed E-state index contributed by atoms with van der Waals surface area (Å²) >= 11 is 0. The highest BCUT2D eigenvalue weighted by molar-refractivity contribution is 5.72. The van der Waals surface area contributed by atoms with Crippen LogP contribution in [-0.4, -0.2) is 80.6 Å². The van der Waals surface area contributed by atoms with Gasteiger partial charge >= 0.3 is 17.9 Å². The molecule has 8 nitrogen and oxygen atoms in total. The highest BCUT2D eigenvalue weighted by atomic mass is 16.6. The third-order valence-electron chi connectivity index (χ3n) is 10.9. The van der Waals surface area contributed by atoms with Crippen LogP contribution < -0.4 is 0 Å². The van der Waals surface area contributed by atoms with Crippen LogP contribution in [-0.2, 0) is 28.6 Å². The number of hydrogen-bond acceptors (Lipinski definition) is 6. The first-order valence-electron chi connectivity index (χ1n) is 23.9. The summed E-state index contributed by atoms with van der Waals surface area (Å²) in [5.74, 6) is -1.47. The van der Waals surface area contributed by atoms with Crippen LogP contribution in [0.4, 0.5) is 0 Å². The van der Waals surface area contributed by atoms with Crippen molar-refractivity contribution in [2.24, 2.45) is 0 Å². The lowest BCUT2D eigenvalue weighted by Gasteiger charge is -2.31. The largest absolute Gasteiger partial charge is 0.477 e. The van der Waals surface area contributed by atoms with Gasteiger partial charge in [0.1, 0.15) is 6.61 Å². The number of carboxylic acids is 1. The molecule has 0 aliphatic rings. The van der Waals surface area contributed by atoms with Gasteiger partial charge in [-0.15, -0.1) is 0 Å². The first-order valence-corrected chi connectivity index (χ1v) is 23.9. The molecule has 0 aliphatic carbocycles. The lowest BCUT2D eigenvalue weighted by atomic mass is 10.0. The molecule has 334 valence electrons. The Morgan fingerprint density at radius 1 is 0.526 bits per heavy atom. The van der Waals surface area contributed by atoms with Gasteiger partial charge in [-0.05, 0) is 38.5 Å². The van der Waals surface area contributed by atoms with Crippen molar-refractivity contribution in [1.82, 2.24) is 0 Å². The number of nitrogens with zero attached hydrogens (tertiary/aromatic N) is 1. The van der Waals surface area contributed by atoms with Crippen molar-refractivity contribution in [3.63, 3.8) is 0 Å². The molecule has 0 radical (unpaired) electrons. The van der Waals surface area contributed by atoms with Crippen LogP contribution in [0.25, 0.3) is 0 Å². The number of quaternary nitrogens is 1. The summed E-state index contributed by atoms with van der Waals surface area (Å²) in [6.07, 6.45) is 45.0. The highest BCUT2D eigenvalue weighted by Crippen LogP contribution is 2.15. The van der Waals surface area contributed by atoms with E-state index < -0.39 is 18.1 Å². The summed E-state index contributed by atoms with van der Waals surface area (Å²) < 4.78 is 17.3. The minimum Gasteiger partial charge on any atom is -0.477 e. The fourth-order valence-corrected chi connectivity index (χ4v) is 7.14. The van der Waals surface area contributed by atoms with E-state index in [-0.39, 0.29) is 36.2 Å². The first-order chi connectivity index (χ1) is 27.6. The summed E-state index contributed by atoms with van der Waals surface area (Å²) in [5, 5.41) is 9.63. The van der Waals surface area contributed by atoms with Crippen molar-refractivity contribution in [1.29, 1.82) is 0 Å². The SMILES string of the molecule is CCCCCCCCC/C=C/C=C/CCCCCCCC(=O)OC(COCCC(C(=O)O)[N+](C)(C)C)COC(=O)CCCCCCCCCCCCCCCCC. The predicted molar refractivity (Wildman–Crippen MR) is 238 cm³/mol. The standard InChI is InChI=1S/C49H91NO7/c1-6-8-10-12-14-16-18-20-22-23-24-26-28-30-32-34-36-38-40-48(52)57-45(43-55-42-41-46(49(53)54)50(3,4)5)44-56-47(51)39-37-35-33-31-29-27-25-21-19-17-15-13-11-9-7-2/h22-24,26,45-46H,6-21,25,27-44H2,1-5H3/p+1/b23-22+,26-24+. The summed E-state index contributed by atoms with van der Waals surface area (Å²) in [5.41, 5.74) is 0. The second-order valence-corrected chi connectivity index (χ2v) is 17.4. The normalized spacial score (nSPS) is 13.1. The Bertz CT molecular complexity index is 989. The Balaban J connectivity index is 4.31. The van der Waals surface area contributed by atoms with Crippen LogP contribution in [0.2, 0.25) is 0 Å². The number of carbonyl (C=O) groups is 3. The number of hydrogen-bond donors (Lipinski definition) is 1. The fraction of sp³-hybridized carbons (Fsp3) is 0.857. The molecule has 0 saturated carbocycles. The Morgan fingerprint density at radius 3 is 1.32 bits per heavy atom.